The number of unbranched alkanes of at least 4 members (excludes halogenated alkanes) is 9. The molecule has 0 saturated heterocycles. The fraction of sp³-hybridized carbons (Fsp3) is 0.842. The Labute approximate surface area is 137 Å². The first kappa shape index (κ1) is 21.2. The number of carbonyl (C=O) groups excluding carboxylic acids is 1. The van der Waals surface area contributed by atoms with Gasteiger partial charge in [0.05, 0.1) is 13.2 Å². The molecule has 0 unspecified atom stereocenters. The maximum absolute atomic E-state index is 10.9. The number of rotatable bonds is 15. The van der Waals surface area contributed by atoms with Crippen LogP contribution in [0.2, 0.25) is 0 Å². The van der Waals surface area contributed by atoms with Crippen LogP contribution in [0.15, 0.2) is 12.2 Å². The summed E-state index contributed by atoms with van der Waals surface area (Å²) in [5.41, 5.74) is 0. The van der Waals surface area contributed by atoms with Crippen LogP contribution in [0.4, 0.5) is 0 Å². The van der Waals surface area contributed by atoms with Crippen LogP contribution >= 0.6 is 0 Å². The highest BCUT2D eigenvalue weighted by Gasteiger charge is 1.99. The lowest BCUT2D eigenvalue weighted by atomic mass is 10.1. The van der Waals surface area contributed by atoms with Gasteiger partial charge in [-0.05, 0) is 25.7 Å². The van der Waals surface area contributed by atoms with Crippen LogP contribution in [0.5, 0.6) is 0 Å². The van der Waals surface area contributed by atoms with Gasteiger partial charge in [0.1, 0.15) is 0 Å². The first-order valence-electron chi connectivity index (χ1n) is 9.12. The zero-order valence-electron chi connectivity index (χ0n) is 14.7. The Balaban J connectivity index is 3.24. The molecule has 0 aromatic heterocycles. The van der Waals surface area contributed by atoms with Gasteiger partial charge in [0.15, 0.2) is 0 Å². The van der Waals surface area contributed by atoms with Crippen molar-refractivity contribution in [3.63, 3.8) is 0 Å². The molecule has 0 amide bonds. The quantitative estimate of drug-likeness (QED) is 0.258. The van der Waals surface area contributed by atoms with Crippen molar-refractivity contribution in [3.8, 4) is 0 Å². The molecule has 22 heavy (non-hydrogen) atoms. The van der Waals surface area contributed by atoms with E-state index in [-0.39, 0.29) is 12.1 Å². The third kappa shape index (κ3) is 15.6. The molecule has 0 rings (SSSR count). The van der Waals surface area contributed by atoms with Crippen LogP contribution in [-0.2, 0) is 9.53 Å². The zero-order chi connectivity index (χ0) is 16.5. The molecule has 0 aliphatic heterocycles. The van der Waals surface area contributed by atoms with Crippen molar-refractivity contribution in [1.82, 2.24) is 0 Å². The van der Waals surface area contributed by atoms with Crippen LogP contribution in [0.3, 0.4) is 0 Å². The molecule has 1 N–H and O–H groups in total. The first-order chi connectivity index (χ1) is 10.7. The summed E-state index contributed by atoms with van der Waals surface area (Å²) in [5, 5.41) is 9.74. The Morgan fingerprint density at radius 1 is 1.00 bits per heavy atom. The second kappa shape index (κ2) is 16.5. The molecule has 0 heterocycles. The standard InChI is InChI=1S/C19H36O3/c1-3-4-12-15-18(20)16-13-10-8-6-5-7-9-11-14-17-19(21)22-2/h13,16,18,20H,3-12,14-15,17H2,1-2H3/b16-13-/t18-/m1/s1. The van der Waals surface area contributed by atoms with Crippen LogP contribution in [0, 0.1) is 0 Å². The number of aliphatic hydroxyl groups excluding tert-OH is 1. The number of aliphatic hydroxyl groups is 1. The summed E-state index contributed by atoms with van der Waals surface area (Å²) < 4.78 is 4.61. The number of esters is 1. The Morgan fingerprint density at radius 3 is 2.27 bits per heavy atom. The zero-order valence-corrected chi connectivity index (χ0v) is 14.7. The summed E-state index contributed by atoms with van der Waals surface area (Å²) in [6, 6.07) is 0. The molecule has 130 valence electrons. The predicted octanol–water partition coefficient (Wildman–Crippen LogP) is 5.17. The van der Waals surface area contributed by atoms with Gasteiger partial charge in [-0.1, -0.05) is 70.4 Å². The second-order valence-corrected chi connectivity index (χ2v) is 6.08. The molecule has 0 aromatic carbocycles. The van der Waals surface area contributed by atoms with E-state index >= 15 is 0 Å². The van der Waals surface area contributed by atoms with Crippen molar-refractivity contribution < 1.29 is 14.6 Å². The topological polar surface area (TPSA) is 46.5 Å². The molecule has 0 radical (unpaired) electrons. The lowest BCUT2D eigenvalue weighted by Gasteiger charge is -2.04. The Bertz CT molecular complexity index is 274. The molecule has 0 aliphatic rings. The minimum absolute atomic E-state index is 0.0938. The van der Waals surface area contributed by atoms with Gasteiger partial charge in [-0.2, -0.15) is 0 Å². The molecule has 0 aromatic rings. The summed E-state index contributed by atoms with van der Waals surface area (Å²) in [4.78, 5) is 10.9. The van der Waals surface area contributed by atoms with E-state index in [1.165, 1.54) is 52.1 Å². The molecule has 0 spiro atoms. The van der Waals surface area contributed by atoms with Crippen molar-refractivity contribution >= 4 is 5.97 Å². The van der Waals surface area contributed by atoms with E-state index in [1.807, 2.05) is 6.08 Å². The minimum atomic E-state index is -0.249. The van der Waals surface area contributed by atoms with Crippen LogP contribution in [0.1, 0.15) is 90.4 Å². The molecular formula is C19H36O3. The first-order valence-corrected chi connectivity index (χ1v) is 9.12. The normalized spacial score (nSPS) is 12.7. The molecular weight excluding hydrogens is 276 g/mol. The lowest BCUT2D eigenvalue weighted by Crippen LogP contribution is -2.01. The Hall–Kier alpha value is -0.830. The van der Waals surface area contributed by atoms with E-state index < -0.39 is 0 Å². The molecule has 0 saturated carbocycles. The van der Waals surface area contributed by atoms with Crippen molar-refractivity contribution in [1.29, 1.82) is 0 Å². The fourth-order valence-electron chi connectivity index (χ4n) is 2.47. The number of ether oxygens (including phenoxy) is 1. The van der Waals surface area contributed by atoms with Gasteiger partial charge in [-0.25, -0.2) is 0 Å². The maximum Gasteiger partial charge on any atom is 0.305 e. The summed E-state index contributed by atoms with van der Waals surface area (Å²) in [6.45, 7) is 2.18. The van der Waals surface area contributed by atoms with Crippen LogP contribution in [0.25, 0.3) is 0 Å². The highest BCUT2D eigenvalue weighted by atomic mass is 16.5. The number of methoxy groups -OCH3 is 1. The van der Waals surface area contributed by atoms with E-state index in [2.05, 4.69) is 17.7 Å². The van der Waals surface area contributed by atoms with Gasteiger partial charge in [-0.15, -0.1) is 0 Å². The number of hydrogen-bond acceptors (Lipinski definition) is 3. The van der Waals surface area contributed by atoms with Gasteiger partial charge >= 0.3 is 5.97 Å². The van der Waals surface area contributed by atoms with Crippen LogP contribution in [-0.4, -0.2) is 24.3 Å². The molecule has 1 atom stereocenters. The highest BCUT2D eigenvalue weighted by molar-refractivity contribution is 5.68. The molecule has 3 nitrogen and oxygen atoms in total. The van der Waals surface area contributed by atoms with Gasteiger partial charge in [0, 0.05) is 6.42 Å². The average Bonchev–Trinajstić information content (AvgIpc) is 2.52. The van der Waals surface area contributed by atoms with E-state index in [4.69, 9.17) is 0 Å². The predicted molar refractivity (Wildman–Crippen MR) is 92.9 cm³/mol. The van der Waals surface area contributed by atoms with E-state index in [0.29, 0.717) is 6.42 Å². The second-order valence-electron chi connectivity index (χ2n) is 6.08. The summed E-state index contributed by atoms with van der Waals surface area (Å²) in [7, 11) is 1.45. The van der Waals surface area contributed by atoms with E-state index in [0.717, 1.165) is 32.1 Å². The summed E-state index contributed by atoms with van der Waals surface area (Å²) in [5.74, 6) is -0.0938. The summed E-state index contributed by atoms with van der Waals surface area (Å²) in [6.07, 6.45) is 18.2. The largest absolute Gasteiger partial charge is 0.469 e. The fourth-order valence-corrected chi connectivity index (χ4v) is 2.47. The van der Waals surface area contributed by atoms with Gasteiger partial charge in [0.2, 0.25) is 0 Å². The lowest BCUT2D eigenvalue weighted by molar-refractivity contribution is -0.140. The van der Waals surface area contributed by atoms with Crippen molar-refractivity contribution in [2.24, 2.45) is 0 Å². The van der Waals surface area contributed by atoms with E-state index in [9.17, 15) is 9.90 Å². The Morgan fingerprint density at radius 2 is 1.64 bits per heavy atom. The third-order valence-electron chi connectivity index (χ3n) is 3.94. The average molecular weight is 312 g/mol. The maximum atomic E-state index is 10.9. The van der Waals surface area contributed by atoms with Gasteiger partial charge in [0.25, 0.3) is 0 Å². The minimum Gasteiger partial charge on any atom is -0.469 e. The van der Waals surface area contributed by atoms with E-state index in [1.54, 1.807) is 0 Å². The third-order valence-corrected chi connectivity index (χ3v) is 3.94. The van der Waals surface area contributed by atoms with Crippen LogP contribution < -0.4 is 0 Å². The van der Waals surface area contributed by atoms with Crippen molar-refractivity contribution in [2.45, 2.75) is 96.5 Å². The summed E-state index contributed by atoms with van der Waals surface area (Å²) >= 11 is 0. The molecule has 0 fully saturated rings. The smallest absolute Gasteiger partial charge is 0.305 e. The molecule has 0 bridgehead atoms. The number of carbonyl (C=O) groups is 1. The van der Waals surface area contributed by atoms with Gasteiger partial charge in [-0.3, -0.25) is 4.79 Å². The van der Waals surface area contributed by atoms with Crippen molar-refractivity contribution in [3.05, 3.63) is 12.2 Å². The monoisotopic (exact) mass is 312 g/mol. The SMILES string of the molecule is CCCCC[C@@H](O)/C=C\CCCCCCCCCC(=O)OC. The Kier molecular flexibility index (Phi) is 15.9. The molecule has 3 heteroatoms. The number of hydrogen-bond donors (Lipinski definition) is 1. The van der Waals surface area contributed by atoms with Crippen molar-refractivity contribution in [2.75, 3.05) is 7.11 Å². The highest BCUT2D eigenvalue weighted by Crippen LogP contribution is 2.11. The van der Waals surface area contributed by atoms with Gasteiger partial charge < -0.3 is 9.84 Å². The molecule has 0 aliphatic carbocycles. The number of allylic oxidation sites excluding steroid dienone is 1.